The Kier molecular flexibility index (Phi) is 4.31. The van der Waals surface area contributed by atoms with E-state index in [0.29, 0.717) is 39.3 Å². The molecule has 6 aromatic carbocycles. The van der Waals surface area contributed by atoms with Crippen LogP contribution in [0.2, 0.25) is 0 Å². The van der Waals surface area contributed by atoms with E-state index < -0.39 is 133 Å². The number of nitrogens with zero attached hydrogens (tertiary/aromatic N) is 3. The number of hydrogen-bond donors (Lipinski definition) is 0. The molecule has 0 aliphatic carbocycles. The Labute approximate surface area is 393 Å². The molecule has 0 fully saturated rings. The van der Waals surface area contributed by atoms with E-state index in [1.165, 1.54) is 24.5 Å². The maximum absolute atomic E-state index is 10.4. The molecule has 1 aromatic heterocycles. The predicted octanol–water partition coefficient (Wildman–Crippen LogP) is 14.2. The molecule has 5 heterocycles. The number of ether oxygens (including phenoxy) is 1. The minimum Gasteiger partial charge on any atom is -0.410 e. The molecule has 4 aliphatic heterocycles. The van der Waals surface area contributed by atoms with Crippen molar-refractivity contribution in [1.82, 2.24) is 0 Å². The highest BCUT2D eigenvalue weighted by molar-refractivity contribution is 6.03. The molecule has 4 aliphatic rings. The Balaban J connectivity index is 1.41. The first-order chi connectivity index (χ1) is 38.1. The molecule has 2 unspecified atom stereocenters. The number of aryl methyl sites for hydroxylation is 1. The summed E-state index contributed by atoms with van der Waals surface area (Å²) in [6.45, 7) is -7.46. The molecule has 61 heavy (non-hydrogen) atoms. The van der Waals surface area contributed by atoms with Crippen LogP contribution >= 0.6 is 0 Å². The zero-order valence-electron chi connectivity index (χ0n) is 56.5. The highest BCUT2D eigenvalue weighted by atomic mass is 16.5. The third-order valence-electron chi connectivity index (χ3n) is 12.4. The van der Waals surface area contributed by atoms with Gasteiger partial charge in [-0.1, -0.05) is 152 Å². The van der Waals surface area contributed by atoms with Gasteiger partial charge in [-0.3, -0.25) is 0 Å². The zero-order chi connectivity index (χ0) is 61.1. The van der Waals surface area contributed by atoms with Crippen molar-refractivity contribution in [3.63, 3.8) is 0 Å². The highest BCUT2D eigenvalue weighted by Crippen LogP contribution is 2.68. The van der Waals surface area contributed by atoms with Crippen molar-refractivity contribution in [3.8, 4) is 50.4 Å². The SMILES string of the molecule is [2H]c1c([2H])c(C([2H])([2H])[2H])c([2H])c([2H])c1-c1c([2H])c([2H])[n+]2c(c1[2H])-c1cc(C(C)(C)C)cc3c1C21Oc2c(cc(C(C)(C)C([2H])([2H])[2H])cc2C(C([2H])([2H])[2H])(C([2H])([2H])[2H])C([2H])([2H])[2H])C2N(c4ccc(C)cc4-c4ccccc4)c4cccc-3c4N21. The van der Waals surface area contributed by atoms with Gasteiger partial charge in [0.05, 0.1) is 30.9 Å². The third kappa shape index (κ3) is 5.33. The number of hydrogen-bond acceptors (Lipinski definition) is 3. The largest absolute Gasteiger partial charge is 0.432 e. The van der Waals surface area contributed by atoms with Gasteiger partial charge < -0.3 is 9.64 Å². The summed E-state index contributed by atoms with van der Waals surface area (Å²) in [5, 5.41) is 0. The van der Waals surface area contributed by atoms with Gasteiger partial charge >= 0.3 is 5.85 Å². The number of anilines is 3. The van der Waals surface area contributed by atoms with Crippen molar-refractivity contribution in [3.05, 3.63) is 172 Å². The maximum Gasteiger partial charge on any atom is 0.432 e. The van der Waals surface area contributed by atoms with Crippen molar-refractivity contribution in [2.24, 2.45) is 0 Å². The van der Waals surface area contributed by atoms with Gasteiger partial charge in [0.15, 0.2) is 6.17 Å². The van der Waals surface area contributed by atoms with Crippen LogP contribution < -0.4 is 19.1 Å². The third-order valence-corrected chi connectivity index (χ3v) is 12.4. The van der Waals surface area contributed by atoms with Gasteiger partial charge in [0.1, 0.15) is 18.8 Å². The zero-order valence-corrected chi connectivity index (χ0v) is 34.5. The minimum absolute atomic E-state index is 0.0759. The van der Waals surface area contributed by atoms with Gasteiger partial charge in [0.25, 0.3) is 0 Å². The second-order valence-electron chi connectivity index (χ2n) is 18.1. The predicted molar refractivity (Wildman–Crippen MR) is 252 cm³/mol. The van der Waals surface area contributed by atoms with Crippen molar-refractivity contribution >= 4 is 17.1 Å². The van der Waals surface area contributed by atoms with Gasteiger partial charge in [-0.15, -0.1) is 4.57 Å². The molecule has 0 saturated heterocycles. The van der Waals surface area contributed by atoms with E-state index in [4.69, 9.17) is 15.7 Å². The van der Waals surface area contributed by atoms with Crippen LogP contribution in [-0.2, 0) is 22.1 Å². The van der Waals surface area contributed by atoms with Crippen LogP contribution in [0.15, 0.2) is 133 Å². The van der Waals surface area contributed by atoms with Gasteiger partial charge in [-0.25, -0.2) is 4.90 Å². The number of rotatable bonds is 3. The van der Waals surface area contributed by atoms with Gasteiger partial charge in [0, 0.05) is 60.5 Å². The van der Waals surface area contributed by atoms with Crippen LogP contribution in [0.4, 0.5) is 17.1 Å². The van der Waals surface area contributed by atoms with E-state index in [0.717, 1.165) is 17.2 Å². The van der Waals surface area contributed by atoms with Crippen molar-refractivity contribution in [2.45, 2.75) is 104 Å². The molecule has 0 saturated carbocycles. The monoisotopic (exact) mass is 821 g/mol. The summed E-state index contributed by atoms with van der Waals surface area (Å²) in [4.78, 5) is 3.65. The molecule has 0 radical (unpaired) electrons. The second kappa shape index (κ2) is 12.5. The Hall–Kier alpha value is -6.13. The van der Waals surface area contributed by atoms with Crippen LogP contribution in [0.3, 0.4) is 0 Å². The molecule has 11 rings (SSSR count). The number of fused-ring (bicyclic) bond motifs is 5. The molecule has 4 heteroatoms. The Morgan fingerprint density at radius 1 is 0.656 bits per heavy atom. The van der Waals surface area contributed by atoms with Crippen LogP contribution in [0, 0.1) is 13.8 Å². The number of benzene rings is 6. The second-order valence-corrected chi connectivity index (χ2v) is 18.1. The minimum atomic E-state index is -3.96. The molecule has 0 bridgehead atoms. The number of para-hydroxylation sites is 1. The van der Waals surface area contributed by atoms with Gasteiger partial charge in [0.2, 0.25) is 5.69 Å². The average molecular weight is 821 g/mol. The number of pyridine rings is 1. The van der Waals surface area contributed by atoms with E-state index in [1.807, 2.05) is 105 Å². The van der Waals surface area contributed by atoms with Crippen LogP contribution in [0.1, 0.15) is 137 Å². The summed E-state index contributed by atoms with van der Waals surface area (Å²) < 4.78 is 210. The lowest BCUT2D eigenvalue weighted by atomic mass is 9.77. The summed E-state index contributed by atoms with van der Waals surface area (Å²) in [5.74, 6) is -3.11. The summed E-state index contributed by atoms with van der Waals surface area (Å²) in [6.07, 6.45) is -2.23. The average Bonchev–Trinajstić information content (AvgIpc) is 1.79. The van der Waals surface area contributed by atoms with Crippen LogP contribution in [0.5, 0.6) is 5.75 Å². The van der Waals surface area contributed by atoms with Crippen molar-refractivity contribution < 1.29 is 39.5 Å². The molecule has 2 atom stereocenters. The summed E-state index contributed by atoms with van der Waals surface area (Å²) >= 11 is 0. The lowest BCUT2D eigenvalue weighted by Gasteiger charge is -2.49. The van der Waals surface area contributed by atoms with E-state index in [9.17, 15) is 19.2 Å². The fraction of sp³-hybridized carbons (Fsp3) is 0.281. The Morgan fingerprint density at radius 2 is 1.41 bits per heavy atom. The quantitative estimate of drug-likeness (QED) is 0.166. The van der Waals surface area contributed by atoms with Crippen LogP contribution in [-0.4, -0.2) is 0 Å². The molecular formula is C57H56N3O+. The topological polar surface area (TPSA) is 19.6 Å². The Morgan fingerprint density at radius 3 is 2.15 bits per heavy atom. The van der Waals surface area contributed by atoms with Crippen molar-refractivity contribution in [2.75, 3.05) is 9.80 Å². The van der Waals surface area contributed by atoms with E-state index in [-0.39, 0.29) is 27.9 Å². The molecule has 4 nitrogen and oxygen atoms in total. The standard InChI is InChI=1S/C57H56N3O/c1-34-20-23-36(24-21-34)38-26-27-58-49(29-38)44-31-39(54(3,4)5)30-43-41-18-15-19-48-51(41)60-53(59(48)47-25-22-35(2)28-42(47)37-16-13-12-14-17-37)45-32-40(55(6,7)8)33-46(56(9,10)11)52(45)61-57(58,60)50(43)44/h12-33,53H,1-11H3/q+1/i1D3,6D3,9D3,10D3,11D3,20D,21D,23D,24D,26D,27D,29D. The fourth-order valence-electron chi connectivity index (χ4n) is 9.53. The molecule has 7 aromatic rings. The normalized spacial score (nSPS) is 24.3. The molecule has 0 N–H and O–H groups in total. The van der Waals surface area contributed by atoms with E-state index in [1.54, 1.807) is 11.0 Å². The first-order valence-electron chi connectivity index (χ1n) is 31.2. The molecular weight excluding hydrogens is 743 g/mol. The highest BCUT2D eigenvalue weighted by Gasteiger charge is 2.70. The maximum atomic E-state index is 10.4. The van der Waals surface area contributed by atoms with E-state index in [2.05, 4.69) is 0 Å². The first-order valence-corrected chi connectivity index (χ1v) is 20.2. The summed E-state index contributed by atoms with van der Waals surface area (Å²) in [6, 6.07) is 21.4. The lowest BCUT2D eigenvalue weighted by molar-refractivity contribution is -0.774. The van der Waals surface area contributed by atoms with E-state index >= 15 is 0 Å². The van der Waals surface area contributed by atoms with Crippen LogP contribution in [0.25, 0.3) is 44.6 Å². The fourth-order valence-corrected chi connectivity index (χ4v) is 9.53. The molecule has 1 spiro atoms. The van der Waals surface area contributed by atoms with Gasteiger partial charge in [-0.05, 0) is 94.2 Å². The smallest absolute Gasteiger partial charge is 0.410 e. The Bertz CT molecular complexity index is 3900. The lowest BCUT2D eigenvalue weighted by Crippen LogP contribution is -2.71. The summed E-state index contributed by atoms with van der Waals surface area (Å²) in [7, 11) is 0. The first kappa shape index (κ1) is 21.1. The van der Waals surface area contributed by atoms with Gasteiger partial charge in [-0.2, -0.15) is 0 Å². The van der Waals surface area contributed by atoms with Crippen molar-refractivity contribution in [1.29, 1.82) is 0 Å². The summed E-state index contributed by atoms with van der Waals surface area (Å²) in [5.41, 5.74) is -4.44. The molecule has 0 amide bonds. The molecule has 304 valence electrons. The number of aromatic nitrogens is 1.